The van der Waals surface area contributed by atoms with Gasteiger partial charge in [-0.3, -0.25) is 0 Å². The summed E-state index contributed by atoms with van der Waals surface area (Å²) >= 11 is 11.7. The van der Waals surface area contributed by atoms with Crippen molar-refractivity contribution in [1.29, 1.82) is 0 Å². The lowest BCUT2D eigenvalue weighted by atomic mass is 10.2. The van der Waals surface area contributed by atoms with Crippen LogP contribution in [0.4, 0.5) is 4.79 Å². The van der Waals surface area contributed by atoms with Crippen molar-refractivity contribution in [3.8, 4) is 0 Å². The topological polar surface area (TPSA) is 75.5 Å². The Labute approximate surface area is 127 Å². The molecule has 0 radical (unpaired) electrons. The normalized spacial score (nSPS) is 12.9. The molecule has 1 amide bonds. The molecule has 20 heavy (non-hydrogen) atoms. The highest BCUT2D eigenvalue weighted by molar-refractivity contribution is 6.34. The quantitative estimate of drug-likeness (QED) is 0.866. The molecule has 0 saturated carbocycles. The van der Waals surface area contributed by atoms with Crippen LogP contribution in [0.5, 0.6) is 0 Å². The predicted molar refractivity (Wildman–Crippen MR) is 75.9 cm³/mol. The molecule has 0 bridgehead atoms. The Bertz CT molecular complexity index is 471. The second-order valence-corrected chi connectivity index (χ2v) is 5.96. The average Bonchev–Trinajstić information content (AvgIpc) is 2.26. The third-order valence-corrected chi connectivity index (χ3v) is 2.87. The summed E-state index contributed by atoms with van der Waals surface area (Å²) in [5, 5.41) is 10.2. The van der Waals surface area contributed by atoms with Gasteiger partial charge in [0.15, 0.2) is 0 Å². The fraction of sp³-hybridized carbons (Fsp3) is 0.583. The number of aliphatic hydroxyl groups is 1. The summed E-state index contributed by atoms with van der Waals surface area (Å²) in [6, 6.07) is 0. The van der Waals surface area contributed by atoms with Crippen LogP contribution in [0.2, 0.25) is 10.3 Å². The molecule has 1 atom stereocenters. The van der Waals surface area contributed by atoms with Gasteiger partial charge in [-0.05, 0) is 20.8 Å². The highest BCUT2D eigenvalue weighted by atomic mass is 35.5. The largest absolute Gasteiger partial charge is 0.444 e. The van der Waals surface area contributed by atoms with Crippen molar-refractivity contribution in [2.75, 3.05) is 13.6 Å². The van der Waals surface area contributed by atoms with Crippen LogP contribution < -0.4 is 0 Å². The molecule has 0 spiro atoms. The van der Waals surface area contributed by atoms with Crippen LogP contribution in [0.3, 0.4) is 0 Å². The Morgan fingerprint density at radius 2 is 1.90 bits per heavy atom. The van der Waals surface area contributed by atoms with Gasteiger partial charge in [-0.2, -0.15) is 0 Å². The second-order valence-electron chi connectivity index (χ2n) is 5.25. The van der Waals surface area contributed by atoms with Crippen molar-refractivity contribution in [1.82, 2.24) is 14.9 Å². The number of nitrogens with zero attached hydrogens (tertiary/aromatic N) is 3. The van der Waals surface area contributed by atoms with Gasteiger partial charge >= 0.3 is 6.09 Å². The maximum absolute atomic E-state index is 11.8. The lowest BCUT2D eigenvalue weighted by Gasteiger charge is -2.26. The van der Waals surface area contributed by atoms with Crippen molar-refractivity contribution in [3.63, 3.8) is 0 Å². The zero-order chi connectivity index (χ0) is 15.5. The first-order chi connectivity index (χ1) is 9.11. The fourth-order valence-corrected chi connectivity index (χ4v) is 1.96. The van der Waals surface area contributed by atoms with Crippen molar-refractivity contribution in [2.45, 2.75) is 32.5 Å². The molecule has 0 aliphatic heterocycles. The molecule has 0 saturated heterocycles. The molecule has 0 aliphatic rings. The minimum absolute atomic E-state index is 0.0400. The van der Waals surface area contributed by atoms with Gasteiger partial charge in [0, 0.05) is 7.05 Å². The number of halogens is 2. The van der Waals surface area contributed by atoms with Crippen LogP contribution in [-0.4, -0.2) is 45.3 Å². The predicted octanol–water partition coefficient (Wildman–Crippen LogP) is 2.68. The molecule has 8 heteroatoms. The van der Waals surface area contributed by atoms with Crippen molar-refractivity contribution >= 4 is 29.3 Å². The molecule has 0 aromatic carbocycles. The molecule has 1 unspecified atom stereocenters. The van der Waals surface area contributed by atoms with Gasteiger partial charge in [0.2, 0.25) is 0 Å². The maximum Gasteiger partial charge on any atom is 0.410 e. The summed E-state index contributed by atoms with van der Waals surface area (Å²) in [4.78, 5) is 20.5. The van der Waals surface area contributed by atoms with Gasteiger partial charge in [-0.15, -0.1) is 0 Å². The third kappa shape index (κ3) is 4.77. The molecular formula is C12H17Cl2N3O3. The summed E-state index contributed by atoms with van der Waals surface area (Å²) in [5.74, 6) is 0. The van der Waals surface area contributed by atoms with E-state index < -0.39 is 17.8 Å². The zero-order valence-corrected chi connectivity index (χ0v) is 13.2. The van der Waals surface area contributed by atoms with E-state index in [0.717, 1.165) is 0 Å². The summed E-state index contributed by atoms with van der Waals surface area (Å²) in [6.07, 6.45) is -0.465. The number of carbonyl (C=O) groups excluding carboxylic acids is 1. The van der Waals surface area contributed by atoms with Gasteiger partial charge < -0.3 is 14.7 Å². The number of carbonyl (C=O) groups is 1. The Kier molecular flexibility index (Phi) is 5.56. The SMILES string of the molecule is CN(CC(O)c1c(Cl)ncnc1Cl)C(=O)OC(C)(C)C. The van der Waals surface area contributed by atoms with E-state index in [1.54, 1.807) is 20.8 Å². The third-order valence-electron chi connectivity index (χ3n) is 2.27. The van der Waals surface area contributed by atoms with E-state index in [1.807, 2.05) is 0 Å². The lowest BCUT2D eigenvalue weighted by molar-refractivity contribution is 0.0204. The second kappa shape index (κ2) is 6.56. The summed E-state index contributed by atoms with van der Waals surface area (Å²) < 4.78 is 5.18. The van der Waals surface area contributed by atoms with E-state index in [0.29, 0.717) is 0 Å². The van der Waals surface area contributed by atoms with Crippen molar-refractivity contribution in [3.05, 3.63) is 22.2 Å². The summed E-state index contributed by atoms with van der Waals surface area (Å²) in [5.41, 5.74) is -0.423. The molecule has 1 rings (SSSR count). The Balaban J connectivity index is 2.75. The van der Waals surface area contributed by atoms with E-state index in [4.69, 9.17) is 27.9 Å². The monoisotopic (exact) mass is 321 g/mol. The summed E-state index contributed by atoms with van der Waals surface area (Å²) in [7, 11) is 1.50. The molecule has 112 valence electrons. The lowest BCUT2D eigenvalue weighted by Crippen LogP contribution is -2.36. The molecule has 0 aliphatic carbocycles. The number of rotatable bonds is 3. The minimum atomic E-state index is -1.10. The van der Waals surface area contributed by atoms with Crippen molar-refractivity contribution in [2.24, 2.45) is 0 Å². The number of aromatic nitrogens is 2. The van der Waals surface area contributed by atoms with Crippen LogP contribution >= 0.6 is 23.2 Å². The fourth-order valence-electron chi connectivity index (χ4n) is 1.39. The number of hydrogen-bond acceptors (Lipinski definition) is 5. The van der Waals surface area contributed by atoms with Crippen LogP contribution in [-0.2, 0) is 4.74 Å². The first kappa shape index (κ1) is 16.9. The van der Waals surface area contributed by atoms with Gasteiger partial charge in [-0.25, -0.2) is 14.8 Å². The van der Waals surface area contributed by atoms with Crippen LogP contribution in [0.15, 0.2) is 6.33 Å². The van der Waals surface area contributed by atoms with Crippen LogP contribution in [0.1, 0.15) is 32.4 Å². The summed E-state index contributed by atoms with van der Waals surface area (Å²) in [6.45, 7) is 5.23. The number of ether oxygens (including phenoxy) is 1. The van der Waals surface area contributed by atoms with Gasteiger partial charge in [0.05, 0.1) is 12.1 Å². The zero-order valence-electron chi connectivity index (χ0n) is 11.7. The molecule has 0 fully saturated rings. The number of aliphatic hydroxyl groups excluding tert-OH is 1. The standard InChI is InChI=1S/C12H17Cl2N3O3/c1-12(2,3)20-11(19)17(4)5-7(18)8-9(13)15-6-16-10(8)14/h6-7,18H,5H2,1-4H3. The minimum Gasteiger partial charge on any atom is -0.444 e. The van der Waals surface area contributed by atoms with Crippen molar-refractivity contribution < 1.29 is 14.6 Å². The molecule has 1 N–H and O–H groups in total. The van der Waals surface area contributed by atoms with Gasteiger partial charge in [0.25, 0.3) is 0 Å². The molecule has 1 aromatic rings. The van der Waals surface area contributed by atoms with E-state index >= 15 is 0 Å². The number of likely N-dealkylation sites (N-methyl/N-ethyl adjacent to an activating group) is 1. The Morgan fingerprint density at radius 1 is 1.40 bits per heavy atom. The first-order valence-electron chi connectivity index (χ1n) is 5.90. The highest BCUT2D eigenvalue weighted by Crippen LogP contribution is 2.27. The highest BCUT2D eigenvalue weighted by Gasteiger charge is 2.24. The molecular weight excluding hydrogens is 305 g/mol. The van der Waals surface area contributed by atoms with Gasteiger partial charge in [-0.1, -0.05) is 23.2 Å². The molecule has 1 heterocycles. The van der Waals surface area contributed by atoms with Crippen LogP contribution in [0.25, 0.3) is 0 Å². The van der Waals surface area contributed by atoms with E-state index in [-0.39, 0.29) is 22.4 Å². The smallest absolute Gasteiger partial charge is 0.410 e. The van der Waals surface area contributed by atoms with E-state index in [2.05, 4.69) is 9.97 Å². The van der Waals surface area contributed by atoms with E-state index in [1.165, 1.54) is 18.3 Å². The first-order valence-corrected chi connectivity index (χ1v) is 6.65. The van der Waals surface area contributed by atoms with Crippen LogP contribution in [0, 0.1) is 0 Å². The number of amides is 1. The molecule has 1 aromatic heterocycles. The maximum atomic E-state index is 11.8. The van der Waals surface area contributed by atoms with Gasteiger partial charge in [0.1, 0.15) is 28.3 Å². The Hall–Kier alpha value is -1.11. The molecule has 6 nitrogen and oxygen atoms in total. The number of hydrogen-bond donors (Lipinski definition) is 1. The van der Waals surface area contributed by atoms with E-state index in [9.17, 15) is 9.90 Å². The Morgan fingerprint density at radius 3 is 2.35 bits per heavy atom. The average molecular weight is 322 g/mol.